The third-order valence-electron chi connectivity index (χ3n) is 3.65. The minimum Gasteiger partial charge on any atom is -0.382 e. The summed E-state index contributed by atoms with van der Waals surface area (Å²) >= 11 is 0. The standard InChI is InChI=1S/C13H18N2O4S/c1-9-8-13(15(16)17)10(2)7-12(9)14-11-3-5-20(18,19)6-4-11/h7-8,11,14H,3-6H2,1-2H3. The first-order valence-corrected chi connectivity index (χ1v) is 8.33. The van der Waals surface area contributed by atoms with Crippen molar-refractivity contribution in [1.29, 1.82) is 0 Å². The van der Waals surface area contributed by atoms with Crippen LogP contribution in [0.2, 0.25) is 0 Å². The molecule has 0 spiro atoms. The molecule has 1 saturated heterocycles. The summed E-state index contributed by atoms with van der Waals surface area (Å²) in [4.78, 5) is 10.5. The first-order valence-electron chi connectivity index (χ1n) is 6.51. The highest BCUT2D eigenvalue weighted by Crippen LogP contribution is 2.27. The van der Waals surface area contributed by atoms with E-state index in [9.17, 15) is 18.5 Å². The van der Waals surface area contributed by atoms with Gasteiger partial charge in [0, 0.05) is 23.4 Å². The van der Waals surface area contributed by atoms with Crippen LogP contribution in [0, 0.1) is 24.0 Å². The Hall–Kier alpha value is -1.63. The minimum absolute atomic E-state index is 0.109. The van der Waals surface area contributed by atoms with Crippen LogP contribution in [0.3, 0.4) is 0 Å². The van der Waals surface area contributed by atoms with Gasteiger partial charge in [0.1, 0.15) is 9.84 Å². The van der Waals surface area contributed by atoms with Gasteiger partial charge in [-0.25, -0.2) is 8.42 Å². The normalized spacial score (nSPS) is 18.7. The van der Waals surface area contributed by atoms with E-state index in [1.165, 1.54) is 0 Å². The van der Waals surface area contributed by atoms with Gasteiger partial charge in [0.15, 0.2) is 0 Å². The van der Waals surface area contributed by atoms with E-state index in [0.29, 0.717) is 18.4 Å². The average Bonchev–Trinajstić information content (AvgIpc) is 2.35. The number of nitrogens with one attached hydrogen (secondary N) is 1. The molecule has 0 unspecified atom stereocenters. The van der Waals surface area contributed by atoms with Crippen LogP contribution in [0.1, 0.15) is 24.0 Å². The molecule has 1 N–H and O–H groups in total. The number of aryl methyl sites for hydroxylation is 2. The van der Waals surface area contributed by atoms with Crippen LogP contribution in [0.5, 0.6) is 0 Å². The molecule has 1 aliphatic heterocycles. The van der Waals surface area contributed by atoms with Crippen molar-refractivity contribution in [3.8, 4) is 0 Å². The van der Waals surface area contributed by atoms with E-state index in [1.807, 2.05) is 6.92 Å². The molecule has 7 heteroatoms. The summed E-state index contributed by atoms with van der Waals surface area (Å²) in [5.41, 5.74) is 2.36. The largest absolute Gasteiger partial charge is 0.382 e. The first kappa shape index (κ1) is 14.8. The Balaban J connectivity index is 2.15. The fraction of sp³-hybridized carbons (Fsp3) is 0.538. The third-order valence-corrected chi connectivity index (χ3v) is 5.37. The number of nitro groups is 1. The van der Waals surface area contributed by atoms with Crippen LogP contribution in [0.25, 0.3) is 0 Å². The molecule has 20 heavy (non-hydrogen) atoms. The Kier molecular flexibility index (Phi) is 3.99. The number of anilines is 1. The molecule has 0 radical (unpaired) electrons. The second-order valence-electron chi connectivity index (χ2n) is 5.28. The van der Waals surface area contributed by atoms with E-state index < -0.39 is 9.84 Å². The van der Waals surface area contributed by atoms with Gasteiger partial charge in [-0.1, -0.05) is 0 Å². The highest BCUT2D eigenvalue weighted by Gasteiger charge is 2.24. The first-order chi connectivity index (χ1) is 9.28. The van der Waals surface area contributed by atoms with Gasteiger partial charge in [0.05, 0.1) is 16.4 Å². The quantitative estimate of drug-likeness (QED) is 0.682. The smallest absolute Gasteiger partial charge is 0.272 e. The zero-order chi connectivity index (χ0) is 14.9. The monoisotopic (exact) mass is 298 g/mol. The van der Waals surface area contributed by atoms with Gasteiger partial charge >= 0.3 is 0 Å². The number of nitro benzene ring substituents is 1. The Bertz CT molecular complexity index is 626. The summed E-state index contributed by atoms with van der Waals surface area (Å²) in [5.74, 6) is 0.408. The lowest BCUT2D eigenvalue weighted by molar-refractivity contribution is -0.385. The Labute approximate surface area is 118 Å². The fourth-order valence-corrected chi connectivity index (χ4v) is 3.90. The molecular formula is C13H18N2O4S. The lowest BCUT2D eigenvalue weighted by atomic mass is 10.1. The second kappa shape index (κ2) is 5.40. The number of hydrogen-bond acceptors (Lipinski definition) is 5. The number of nitrogens with zero attached hydrogens (tertiary/aromatic N) is 1. The van der Waals surface area contributed by atoms with Crippen molar-refractivity contribution in [2.45, 2.75) is 32.7 Å². The van der Waals surface area contributed by atoms with Crippen LogP contribution in [-0.2, 0) is 9.84 Å². The van der Waals surface area contributed by atoms with Gasteiger partial charge in [-0.05, 0) is 38.3 Å². The second-order valence-corrected chi connectivity index (χ2v) is 7.58. The molecule has 0 saturated carbocycles. The predicted octanol–water partition coefficient (Wildman–Crippen LogP) is 2.20. The molecule has 0 aromatic heterocycles. The molecule has 1 aromatic rings. The van der Waals surface area contributed by atoms with Gasteiger partial charge in [-0.2, -0.15) is 0 Å². The minimum atomic E-state index is -2.87. The van der Waals surface area contributed by atoms with E-state index in [4.69, 9.17) is 0 Å². The van der Waals surface area contributed by atoms with Crippen LogP contribution < -0.4 is 5.32 Å². The summed E-state index contributed by atoms with van der Waals surface area (Å²) in [5, 5.41) is 14.2. The van der Waals surface area contributed by atoms with Crippen molar-refractivity contribution in [3.63, 3.8) is 0 Å². The zero-order valence-electron chi connectivity index (χ0n) is 11.5. The molecule has 110 valence electrons. The molecule has 1 aliphatic rings. The molecule has 2 rings (SSSR count). The highest BCUT2D eigenvalue weighted by molar-refractivity contribution is 7.91. The highest BCUT2D eigenvalue weighted by atomic mass is 32.2. The molecule has 6 nitrogen and oxygen atoms in total. The van der Waals surface area contributed by atoms with Gasteiger partial charge in [0.25, 0.3) is 5.69 Å². The van der Waals surface area contributed by atoms with Gasteiger partial charge in [-0.15, -0.1) is 0 Å². The number of rotatable bonds is 3. The lowest BCUT2D eigenvalue weighted by Gasteiger charge is -2.25. The molecule has 1 heterocycles. The topological polar surface area (TPSA) is 89.3 Å². The van der Waals surface area contributed by atoms with E-state index in [0.717, 1.165) is 11.3 Å². The number of benzene rings is 1. The van der Waals surface area contributed by atoms with E-state index in [1.54, 1.807) is 19.1 Å². The molecule has 1 fully saturated rings. The number of sulfone groups is 1. The molecule has 1 aromatic carbocycles. The lowest BCUT2D eigenvalue weighted by Crippen LogP contribution is -2.32. The van der Waals surface area contributed by atoms with E-state index in [2.05, 4.69) is 5.32 Å². The molecule has 0 amide bonds. The maximum absolute atomic E-state index is 11.4. The molecule has 0 atom stereocenters. The van der Waals surface area contributed by atoms with Gasteiger partial charge in [0.2, 0.25) is 0 Å². The van der Waals surface area contributed by atoms with Gasteiger partial charge in [-0.3, -0.25) is 10.1 Å². The molecule has 0 aliphatic carbocycles. The van der Waals surface area contributed by atoms with Crippen LogP contribution in [0.4, 0.5) is 11.4 Å². The fourth-order valence-electron chi connectivity index (χ4n) is 2.41. The van der Waals surface area contributed by atoms with Crippen molar-refractivity contribution in [1.82, 2.24) is 0 Å². The third kappa shape index (κ3) is 3.27. The average molecular weight is 298 g/mol. The summed E-state index contributed by atoms with van der Waals surface area (Å²) in [6.07, 6.45) is 1.16. The van der Waals surface area contributed by atoms with Gasteiger partial charge < -0.3 is 5.32 Å². The summed E-state index contributed by atoms with van der Waals surface area (Å²) in [6, 6.07) is 3.42. The summed E-state index contributed by atoms with van der Waals surface area (Å²) in [6.45, 7) is 3.52. The summed E-state index contributed by atoms with van der Waals surface area (Å²) < 4.78 is 22.8. The molecule has 0 bridgehead atoms. The zero-order valence-corrected chi connectivity index (χ0v) is 12.4. The van der Waals surface area contributed by atoms with Crippen molar-refractivity contribution in [2.75, 3.05) is 16.8 Å². The number of hydrogen-bond donors (Lipinski definition) is 1. The maximum atomic E-state index is 11.4. The Morgan fingerprint density at radius 3 is 2.35 bits per heavy atom. The Morgan fingerprint density at radius 2 is 1.80 bits per heavy atom. The van der Waals surface area contributed by atoms with Crippen LogP contribution in [0.15, 0.2) is 12.1 Å². The van der Waals surface area contributed by atoms with Crippen molar-refractivity contribution < 1.29 is 13.3 Å². The Morgan fingerprint density at radius 1 is 1.20 bits per heavy atom. The van der Waals surface area contributed by atoms with Crippen LogP contribution >= 0.6 is 0 Å². The van der Waals surface area contributed by atoms with Crippen molar-refractivity contribution >= 4 is 21.2 Å². The SMILES string of the molecule is Cc1cc([N+](=O)[O-])c(C)cc1NC1CCS(=O)(=O)CC1. The molecular weight excluding hydrogens is 280 g/mol. The van der Waals surface area contributed by atoms with Crippen molar-refractivity contribution in [3.05, 3.63) is 33.4 Å². The summed E-state index contributed by atoms with van der Waals surface area (Å²) in [7, 11) is -2.87. The van der Waals surface area contributed by atoms with Crippen molar-refractivity contribution in [2.24, 2.45) is 0 Å². The van der Waals surface area contributed by atoms with E-state index >= 15 is 0 Å². The van der Waals surface area contributed by atoms with E-state index in [-0.39, 0.29) is 28.2 Å². The van der Waals surface area contributed by atoms with Crippen LogP contribution in [-0.4, -0.2) is 30.9 Å². The predicted molar refractivity (Wildman–Crippen MR) is 77.9 cm³/mol. The maximum Gasteiger partial charge on any atom is 0.272 e.